The lowest BCUT2D eigenvalue weighted by Crippen LogP contribution is -2.24. The molecular formula is C11H18N2OS. The number of hydrogen-bond acceptors (Lipinski definition) is 3. The van der Waals surface area contributed by atoms with Crippen molar-refractivity contribution in [2.45, 2.75) is 39.0 Å². The highest BCUT2D eigenvalue weighted by molar-refractivity contribution is 7.09. The number of nitrogens with zero attached hydrogens (tertiary/aromatic N) is 1. The normalized spacial score (nSPS) is 10.2. The van der Waals surface area contributed by atoms with Crippen molar-refractivity contribution in [1.82, 2.24) is 10.3 Å². The van der Waals surface area contributed by atoms with E-state index < -0.39 is 0 Å². The Morgan fingerprint density at radius 2 is 2.40 bits per heavy atom. The lowest BCUT2D eigenvalue weighted by molar-refractivity contribution is -0.121. The zero-order valence-electron chi connectivity index (χ0n) is 9.16. The number of rotatable bonds is 7. The lowest BCUT2D eigenvalue weighted by Gasteiger charge is -2.03. The Labute approximate surface area is 94.9 Å². The zero-order chi connectivity index (χ0) is 10.9. The molecule has 0 aliphatic rings. The number of thiazole rings is 1. The molecule has 1 aromatic heterocycles. The average molecular weight is 226 g/mol. The molecule has 0 unspecified atom stereocenters. The van der Waals surface area contributed by atoms with Crippen LogP contribution in [0.5, 0.6) is 0 Å². The standard InChI is InChI=1S/C11H18N2OS/c1-2-3-4-7-12-10(14)5-6-11-13-8-9-15-11/h8-9H,2-7H2,1H3,(H,12,14). The number of aromatic nitrogens is 1. The third kappa shape index (κ3) is 5.52. The van der Waals surface area contributed by atoms with Gasteiger partial charge < -0.3 is 5.32 Å². The van der Waals surface area contributed by atoms with Gasteiger partial charge in [-0.2, -0.15) is 0 Å². The van der Waals surface area contributed by atoms with E-state index in [2.05, 4.69) is 17.2 Å². The maximum atomic E-state index is 11.4. The Bertz CT molecular complexity index is 272. The van der Waals surface area contributed by atoms with Crippen LogP contribution in [-0.4, -0.2) is 17.4 Å². The number of carbonyl (C=O) groups is 1. The number of carbonyl (C=O) groups excluding carboxylic acids is 1. The maximum Gasteiger partial charge on any atom is 0.220 e. The highest BCUT2D eigenvalue weighted by Gasteiger charge is 2.02. The van der Waals surface area contributed by atoms with E-state index in [1.165, 1.54) is 12.8 Å². The fraction of sp³-hybridized carbons (Fsp3) is 0.636. The van der Waals surface area contributed by atoms with Crippen LogP contribution < -0.4 is 5.32 Å². The molecule has 0 fully saturated rings. The van der Waals surface area contributed by atoms with Gasteiger partial charge in [-0.25, -0.2) is 4.98 Å². The van der Waals surface area contributed by atoms with Gasteiger partial charge in [0.2, 0.25) is 5.91 Å². The SMILES string of the molecule is CCCCCNC(=O)CCc1nccs1. The summed E-state index contributed by atoms with van der Waals surface area (Å²) in [5.74, 6) is 0.140. The molecule has 0 radical (unpaired) electrons. The summed E-state index contributed by atoms with van der Waals surface area (Å²) in [6.45, 7) is 2.97. The molecule has 0 aliphatic carbocycles. The molecule has 3 nitrogen and oxygen atoms in total. The molecule has 84 valence electrons. The van der Waals surface area contributed by atoms with Crippen LogP contribution in [0.25, 0.3) is 0 Å². The molecule has 1 rings (SSSR count). The second-order valence-corrected chi connectivity index (χ2v) is 4.46. The lowest BCUT2D eigenvalue weighted by atomic mass is 10.2. The van der Waals surface area contributed by atoms with Crippen LogP contribution in [0.15, 0.2) is 11.6 Å². The molecule has 4 heteroatoms. The first-order valence-electron chi connectivity index (χ1n) is 5.48. The van der Waals surface area contributed by atoms with Gasteiger partial charge in [0.1, 0.15) is 0 Å². The molecule has 1 aromatic rings. The Hall–Kier alpha value is -0.900. The van der Waals surface area contributed by atoms with Crippen molar-refractivity contribution < 1.29 is 4.79 Å². The molecule has 15 heavy (non-hydrogen) atoms. The van der Waals surface area contributed by atoms with Crippen molar-refractivity contribution in [2.24, 2.45) is 0 Å². The van der Waals surface area contributed by atoms with Crippen molar-refractivity contribution in [1.29, 1.82) is 0 Å². The van der Waals surface area contributed by atoms with Crippen molar-refractivity contribution in [2.75, 3.05) is 6.54 Å². The van der Waals surface area contributed by atoms with Crippen molar-refractivity contribution in [3.63, 3.8) is 0 Å². The van der Waals surface area contributed by atoms with Gasteiger partial charge in [-0.05, 0) is 6.42 Å². The van der Waals surface area contributed by atoms with Gasteiger partial charge in [-0.3, -0.25) is 4.79 Å². The molecular weight excluding hydrogens is 208 g/mol. The largest absolute Gasteiger partial charge is 0.356 e. The molecule has 0 atom stereocenters. The van der Waals surface area contributed by atoms with E-state index in [-0.39, 0.29) is 5.91 Å². The summed E-state index contributed by atoms with van der Waals surface area (Å²) in [4.78, 5) is 15.5. The van der Waals surface area contributed by atoms with Gasteiger partial charge in [-0.15, -0.1) is 11.3 Å². The van der Waals surface area contributed by atoms with Crippen LogP contribution >= 0.6 is 11.3 Å². The monoisotopic (exact) mass is 226 g/mol. The number of hydrogen-bond donors (Lipinski definition) is 1. The molecule has 0 spiro atoms. The van der Waals surface area contributed by atoms with Gasteiger partial charge in [0.05, 0.1) is 5.01 Å². The molecule has 1 amide bonds. The summed E-state index contributed by atoms with van der Waals surface area (Å²) < 4.78 is 0. The fourth-order valence-corrected chi connectivity index (χ4v) is 1.91. The fourth-order valence-electron chi connectivity index (χ4n) is 1.29. The van der Waals surface area contributed by atoms with E-state index in [1.54, 1.807) is 17.5 Å². The van der Waals surface area contributed by atoms with Gasteiger partial charge in [-0.1, -0.05) is 19.8 Å². The third-order valence-electron chi connectivity index (χ3n) is 2.15. The topological polar surface area (TPSA) is 42.0 Å². The van der Waals surface area contributed by atoms with Gasteiger partial charge >= 0.3 is 0 Å². The summed E-state index contributed by atoms with van der Waals surface area (Å²) in [5.41, 5.74) is 0. The van der Waals surface area contributed by atoms with E-state index >= 15 is 0 Å². The predicted octanol–water partition coefficient (Wildman–Crippen LogP) is 2.38. The van der Waals surface area contributed by atoms with E-state index in [4.69, 9.17) is 0 Å². The molecule has 0 bridgehead atoms. The highest BCUT2D eigenvalue weighted by Crippen LogP contribution is 2.06. The van der Waals surface area contributed by atoms with Crippen LogP contribution in [-0.2, 0) is 11.2 Å². The first-order chi connectivity index (χ1) is 7.33. The average Bonchev–Trinajstić information content (AvgIpc) is 2.74. The van der Waals surface area contributed by atoms with Crippen LogP contribution in [0.2, 0.25) is 0 Å². The van der Waals surface area contributed by atoms with E-state index in [9.17, 15) is 4.79 Å². The van der Waals surface area contributed by atoms with Crippen LogP contribution in [0, 0.1) is 0 Å². The molecule has 0 aliphatic heterocycles. The predicted molar refractivity (Wildman–Crippen MR) is 63.0 cm³/mol. The quantitative estimate of drug-likeness (QED) is 0.725. The molecule has 1 heterocycles. The Morgan fingerprint density at radius 3 is 3.07 bits per heavy atom. The van der Waals surface area contributed by atoms with Gasteiger partial charge in [0.15, 0.2) is 0 Å². The third-order valence-corrected chi connectivity index (χ3v) is 2.99. The summed E-state index contributed by atoms with van der Waals surface area (Å²) in [6, 6.07) is 0. The smallest absolute Gasteiger partial charge is 0.220 e. The second kappa shape index (κ2) is 7.40. The van der Waals surface area contributed by atoms with Crippen molar-refractivity contribution in [3.8, 4) is 0 Å². The van der Waals surface area contributed by atoms with Gasteiger partial charge in [0, 0.05) is 31.0 Å². The molecule has 1 N–H and O–H groups in total. The summed E-state index contributed by atoms with van der Waals surface area (Å²) in [6.07, 6.45) is 6.55. The minimum Gasteiger partial charge on any atom is -0.356 e. The Kier molecular flexibility index (Phi) is 6.00. The van der Waals surface area contributed by atoms with Crippen molar-refractivity contribution >= 4 is 17.2 Å². The van der Waals surface area contributed by atoms with Gasteiger partial charge in [0.25, 0.3) is 0 Å². The van der Waals surface area contributed by atoms with Crippen LogP contribution in [0.4, 0.5) is 0 Å². The van der Waals surface area contributed by atoms with E-state index in [1.807, 2.05) is 5.38 Å². The zero-order valence-corrected chi connectivity index (χ0v) is 9.98. The first kappa shape index (κ1) is 12.2. The maximum absolute atomic E-state index is 11.4. The molecule has 0 saturated heterocycles. The number of nitrogens with one attached hydrogen (secondary N) is 1. The highest BCUT2D eigenvalue weighted by atomic mass is 32.1. The van der Waals surface area contributed by atoms with Crippen molar-refractivity contribution in [3.05, 3.63) is 16.6 Å². The number of amides is 1. The Morgan fingerprint density at radius 1 is 1.53 bits per heavy atom. The van der Waals surface area contributed by atoms with Crippen LogP contribution in [0.3, 0.4) is 0 Å². The second-order valence-electron chi connectivity index (χ2n) is 3.48. The Balaban J connectivity index is 2.04. The first-order valence-corrected chi connectivity index (χ1v) is 6.36. The summed E-state index contributed by atoms with van der Waals surface area (Å²) in [5, 5.41) is 5.90. The summed E-state index contributed by atoms with van der Waals surface area (Å²) in [7, 11) is 0. The minimum absolute atomic E-state index is 0.140. The molecule has 0 aromatic carbocycles. The molecule has 0 saturated carbocycles. The summed E-state index contributed by atoms with van der Waals surface area (Å²) >= 11 is 1.61. The van der Waals surface area contributed by atoms with Crippen LogP contribution in [0.1, 0.15) is 37.6 Å². The minimum atomic E-state index is 0.140. The van der Waals surface area contributed by atoms with E-state index in [0.29, 0.717) is 6.42 Å². The number of aryl methyl sites for hydroxylation is 1. The van der Waals surface area contributed by atoms with E-state index in [0.717, 1.165) is 24.4 Å². The number of unbranched alkanes of at least 4 members (excludes halogenated alkanes) is 2.